The van der Waals surface area contributed by atoms with Crippen molar-refractivity contribution in [3.63, 3.8) is 0 Å². The first kappa shape index (κ1) is 31.3. The van der Waals surface area contributed by atoms with Gasteiger partial charge in [-0.1, -0.05) is 27.2 Å². The van der Waals surface area contributed by atoms with Crippen molar-refractivity contribution in [2.24, 2.45) is 34.5 Å². The Hall–Kier alpha value is -0.170. The lowest BCUT2D eigenvalue weighted by atomic mass is 9.44. The summed E-state index contributed by atoms with van der Waals surface area (Å²) in [7, 11) is 2.50. The van der Waals surface area contributed by atoms with Crippen LogP contribution in [0.5, 0.6) is 0 Å². The van der Waals surface area contributed by atoms with Crippen molar-refractivity contribution >= 4 is 5.97 Å². The number of piperidine rings is 1. The number of fused-ring (bicyclic) bond motifs is 5. The number of aliphatic hydroxyl groups is 1. The fraction of sp³-hybridized carbons (Fsp3) is 0.971. The molecule has 0 aromatic carbocycles. The van der Waals surface area contributed by atoms with Gasteiger partial charge in [0.2, 0.25) is 0 Å². The first-order chi connectivity index (χ1) is 18.7. The van der Waals surface area contributed by atoms with Gasteiger partial charge in [0.25, 0.3) is 0 Å². The van der Waals surface area contributed by atoms with Gasteiger partial charge in [0, 0.05) is 24.3 Å². The number of esters is 1. The van der Waals surface area contributed by atoms with E-state index in [2.05, 4.69) is 25.8 Å². The Bertz CT molecular complexity index is 886. The van der Waals surface area contributed by atoms with E-state index in [-0.39, 0.29) is 40.6 Å². The molecule has 0 aromatic rings. The molecule has 4 saturated carbocycles. The molecule has 0 bridgehead atoms. The number of quaternary nitrogens is 1. The second-order valence-electron chi connectivity index (χ2n) is 15.8. The van der Waals surface area contributed by atoms with E-state index in [1.165, 1.54) is 110 Å². The zero-order chi connectivity index (χ0) is 27.4. The lowest BCUT2D eigenvalue weighted by Gasteiger charge is -2.62. The standard InChI is InChI=1S/C34H59N2O3.BrH/c1-5-31(38)39-32-29(36(4)19-11-6-7-12-20-36)22-27-25-14-13-24-21-30(37)28(35-17-9-8-10-18-35)23-34(24,3)26(25)15-16-33(27,32)2;/h24-30,32,37H,5-23H2,1-4H3;1H/q+1;/p-1/t24-,25?,26?,27?,28-,29-,30-,32-,33-,34-;/m0./s1. The number of carbonyl (C=O) groups is 1. The number of nitrogens with zero attached hydrogens (tertiary/aromatic N) is 2. The van der Waals surface area contributed by atoms with Gasteiger partial charge in [-0.15, -0.1) is 0 Å². The zero-order valence-electron chi connectivity index (χ0n) is 26.1. The van der Waals surface area contributed by atoms with Crippen molar-refractivity contribution in [3.8, 4) is 0 Å². The summed E-state index contributed by atoms with van der Waals surface area (Å²) in [6.07, 6.45) is 18.2. The Labute approximate surface area is 255 Å². The van der Waals surface area contributed by atoms with Crippen LogP contribution in [0.4, 0.5) is 0 Å². The summed E-state index contributed by atoms with van der Waals surface area (Å²) >= 11 is 0. The number of halogens is 1. The van der Waals surface area contributed by atoms with E-state index in [0.29, 0.717) is 35.8 Å². The maximum absolute atomic E-state index is 12.9. The van der Waals surface area contributed by atoms with Crippen LogP contribution in [0, 0.1) is 34.5 Å². The highest BCUT2D eigenvalue weighted by Crippen LogP contribution is 2.67. The molecule has 10 atom stereocenters. The first-order valence-corrected chi connectivity index (χ1v) is 17.2. The van der Waals surface area contributed by atoms with Gasteiger partial charge in [0.1, 0.15) is 6.04 Å². The van der Waals surface area contributed by atoms with Crippen LogP contribution in [0.2, 0.25) is 0 Å². The number of carbonyl (C=O) groups excluding carboxylic acids is 1. The predicted molar refractivity (Wildman–Crippen MR) is 156 cm³/mol. The normalized spacial score (nSPS) is 47.1. The highest BCUT2D eigenvalue weighted by atomic mass is 79.9. The third kappa shape index (κ3) is 5.25. The van der Waals surface area contributed by atoms with Crippen molar-refractivity contribution in [1.29, 1.82) is 0 Å². The van der Waals surface area contributed by atoms with E-state index in [1.807, 2.05) is 6.92 Å². The van der Waals surface area contributed by atoms with Crippen LogP contribution in [-0.4, -0.2) is 78.0 Å². The largest absolute Gasteiger partial charge is 1.00 e. The number of aliphatic hydroxyl groups excluding tert-OH is 1. The lowest BCUT2D eigenvalue weighted by molar-refractivity contribution is -0.935. The molecule has 1 N–H and O–H groups in total. The van der Waals surface area contributed by atoms with Crippen LogP contribution in [0.3, 0.4) is 0 Å². The third-order valence-corrected chi connectivity index (χ3v) is 13.9. The van der Waals surface area contributed by atoms with E-state index in [9.17, 15) is 9.90 Å². The molecule has 2 aliphatic heterocycles. The summed E-state index contributed by atoms with van der Waals surface area (Å²) in [4.78, 5) is 15.5. The predicted octanol–water partition coefficient (Wildman–Crippen LogP) is 3.18. The van der Waals surface area contributed by atoms with E-state index in [1.54, 1.807) is 0 Å². The van der Waals surface area contributed by atoms with Crippen LogP contribution in [-0.2, 0) is 9.53 Å². The minimum atomic E-state index is -0.146. The molecule has 5 nitrogen and oxygen atoms in total. The molecule has 0 amide bonds. The minimum Gasteiger partial charge on any atom is -1.00 e. The Kier molecular flexibility index (Phi) is 9.44. The SMILES string of the molecule is CCC(=O)O[C@H]1[C@@H]([N+]2(C)CCCCCC2)CC2C3CC[C@H]4C[C@H](O)[C@@H](N5CCCCC5)C[C@]4(C)C3CC[C@@]21C.[Br-]. The monoisotopic (exact) mass is 622 g/mol. The summed E-state index contributed by atoms with van der Waals surface area (Å²) in [6.45, 7) is 12.0. The molecule has 0 aromatic heterocycles. The van der Waals surface area contributed by atoms with Gasteiger partial charge in [-0.3, -0.25) is 9.69 Å². The quantitative estimate of drug-likeness (QED) is 0.387. The molecular formula is C34H59BrN2O3. The van der Waals surface area contributed by atoms with Crippen LogP contribution >= 0.6 is 0 Å². The summed E-state index contributed by atoms with van der Waals surface area (Å²) < 4.78 is 7.65. The molecule has 6 fully saturated rings. The van der Waals surface area contributed by atoms with E-state index < -0.39 is 0 Å². The van der Waals surface area contributed by atoms with E-state index in [4.69, 9.17) is 4.74 Å². The number of likely N-dealkylation sites (N-methyl/N-ethyl adjacent to an activating group) is 1. The van der Waals surface area contributed by atoms with Crippen molar-refractivity contribution in [1.82, 2.24) is 4.90 Å². The van der Waals surface area contributed by atoms with Gasteiger partial charge in [0.05, 0.1) is 26.2 Å². The average Bonchev–Trinajstić information content (AvgIpc) is 3.06. The Morgan fingerprint density at radius 2 is 1.60 bits per heavy atom. The van der Waals surface area contributed by atoms with Crippen LogP contribution in [0.1, 0.15) is 117 Å². The molecule has 6 aliphatic rings. The molecule has 6 heteroatoms. The summed E-state index contributed by atoms with van der Waals surface area (Å²) in [5.74, 6) is 2.84. The van der Waals surface area contributed by atoms with Crippen LogP contribution in [0.25, 0.3) is 0 Å². The molecule has 3 unspecified atom stereocenters. The fourth-order valence-corrected chi connectivity index (χ4v) is 11.6. The van der Waals surface area contributed by atoms with Crippen molar-refractivity contribution in [3.05, 3.63) is 0 Å². The molecule has 2 saturated heterocycles. The second-order valence-corrected chi connectivity index (χ2v) is 15.8. The maximum atomic E-state index is 12.9. The van der Waals surface area contributed by atoms with Gasteiger partial charge >= 0.3 is 5.97 Å². The minimum absolute atomic E-state index is 0. The number of hydrogen-bond donors (Lipinski definition) is 1. The molecular weight excluding hydrogens is 564 g/mol. The van der Waals surface area contributed by atoms with Gasteiger partial charge < -0.3 is 31.3 Å². The lowest BCUT2D eigenvalue weighted by Crippen LogP contribution is -3.00. The number of ether oxygens (including phenoxy) is 1. The van der Waals surface area contributed by atoms with E-state index >= 15 is 0 Å². The average molecular weight is 624 g/mol. The Morgan fingerprint density at radius 3 is 2.27 bits per heavy atom. The topological polar surface area (TPSA) is 49.8 Å². The summed E-state index contributed by atoms with van der Waals surface area (Å²) in [6, 6.07) is 0.807. The Morgan fingerprint density at radius 1 is 0.925 bits per heavy atom. The van der Waals surface area contributed by atoms with Crippen LogP contribution < -0.4 is 17.0 Å². The Balaban J connectivity index is 0.00000323. The van der Waals surface area contributed by atoms with Gasteiger partial charge in [-0.2, -0.15) is 0 Å². The van der Waals surface area contributed by atoms with Crippen LogP contribution in [0.15, 0.2) is 0 Å². The van der Waals surface area contributed by atoms with Gasteiger partial charge in [-0.25, -0.2) is 0 Å². The summed E-state index contributed by atoms with van der Waals surface area (Å²) in [5, 5.41) is 11.3. The van der Waals surface area contributed by atoms with Gasteiger partial charge in [0.15, 0.2) is 6.10 Å². The zero-order valence-corrected chi connectivity index (χ0v) is 27.7. The smallest absolute Gasteiger partial charge is 0.306 e. The molecule has 0 spiro atoms. The highest BCUT2D eigenvalue weighted by Gasteiger charge is 2.67. The maximum Gasteiger partial charge on any atom is 0.306 e. The third-order valence-electron chi connectivity index (χ3n) is 13.9. The molecule has 2 heterocycles. The van der Waals surface area contributed by atoms with Crippen molar-refractivity contribution in [2.75, 3.05) is 33.2 Å². The fourth-order valence-electron chi connectivity index (χ4n) is 11.6. The molecule has 6 rings (SSSR count). The van der Waals surface area contributed by atoms with Crippen molar-refractivity contribution < 1.29 is 36.1 Å². The summed E-state index contributed by atoms with van der Waals surface area (Å²) in [5.41, 5.74) is 0.439. The highest BCUT2D eigenvalue weighted by molar-refractivity contribution is 5.69. The molecule has 40 heavy (non-hydrogen) atoms. The number of hydrogen-bond acceptors (Lipinski definition) is 4. The molecule has 0 radical (unpaired) electrons. The first-order valence-electron chi connectivity index (χ1n) is 17.2. The number of likely N-dealkylation sites (tertiary alicyclic amines) is 2. The van der Waals surface area contributed by atoms with Gasteiger partial charge in [-0.05, 0) is 119 Å². The van der Waals surface area contributed by atoms with Crippen molar-refractivity contribution in [2.45, 2.75) is 141 Å². The second kappa shape index (κ2) is 12.1. The molecule has 230 valence electrons. The number of rotatable bonds is 4. The van der Waals surface area contributed by atoms with E-state index in [0.717, 1.165) is 22.7 Å². The molecule has 4 aliphatic carbocycles.